The van der Waals surface area contributed by atoms with Gasteiger partial charge in [0.15, 0.2) is 0 Å². The second-order valence-electron chi connectivity index (χ2n) is 15.2. The standard InChI is InChI=1S/C38H62O6/c1-27-19-17-23-37(5,6)35(27)31(39)25-29(3)43-33(41)21-15-13-11-9-10-12-14-16-22-34(42)44-30(4)26-32(40)36-28(2)20-18-24-38(36,7)8/h17-20,27-30,35-36H,9-16,21-26H2,1-8H3. The Morgan fingerprint density at radius 3 is 1.25 bits per heavy atom. The molecule has 2 aliphatic rings. The highest BCUT2D eigenvalue weighted by Gasteiger charge is 2.40. The van der Waals surface area contributed by atoms with E-state index in [4.69, 9.17) is 9.47 Å². The summed E-state index contributed by atoms with van der Waals surface area (Å²) in [6, 6.07) is 0. The van der Waals surface area contributed by atoms with Crippen molar-refractivity contribution in [2.75, 3.05) is 0 Å². The normalized spacial score (nSPS) is 25.2. The number of unbranched alkanes of at least 4 members (excludes halogenated alkanes) is 7. The van der Waals surface area contributed by atoms with E-state index >= 15 is 0 Å². The van der Waals surface area contributed by atoms with Crippen molar-refractivity contribution >= 4 is 23.5 Å². The average molecular weight is 615 g/mol. The highest BCUT2D eigenvalue weighted by molar-refractivity contribution is 5.84. The molecule has 0 aromatic carbocycles. The van der Waals surface area contributed by atoms with Crippen LogP contribution < -0.4 is 0 Å². The maximum absolute atomic E-state index is 13.0. The lowest BCUT2D eigenvalue weighted by atomic mass is 9.65. The predicted octanol–water partition coefficient (Wildman–Crippen LogP) is 9.15. The molecule has 0 aliphatic heterocycles. The van der Waals surface area contributed by atoms with E-state index in [1.165, 1.54) is 0 Å². The van der Waals surface area contributed by atoms with Crippen LogP contribution in [0.5, 0.6) is 0 Å². The van der Waals surface area contributed by atoms with Crippen LogP contribution >= 0.6 is 0 Å². The fourth-order valence-corrected chi connectivity index (χ4v) is 7.60. The second kappa shape index (κ2) is 18.0. The Balaban J connectivity index is 1.48. The quantitative estimate of drug-likeness (QED) is 0.0819. The molecule has 0 fully saturated rings. The Bertz CT molecular complexity index is 925. The minimum Gasteiger partial charge on any atom is -0.462 e. The molecule has 0 amide bonds. The molecule has 6 unspecified atom stereocenters. The van der Waals surface area contributed by atoms with Crippen LogP contribution in [0.3, 0.4) is 0 Å². The van der Waals surface area contributed by atoms with E-state index in [-0.39, 0.29) is 83.1 Å². The number of rotatable bonds is 19. The van der Waals surface area contributed by atoms with Gasteiger partial charge in [0.1, 0.15) is 23.8 Å². The summed E-state index contributed by atoms with van der Waals surface area (Å²) in [5.74, 6) is 0.316. The van der Waals surface area contributed by atoms with Gasteiger partial charge in [0.05, 0.1) is 0 Å². The Labute approximate surface area is 268 Å². The molecule has 0 radical (unpaired) electrons. The van der Waals surface area contributed by atoms with Gasteiger partial charge in [-0.2, -0.15) is 0 Å². The number of ketones is 2. The summed E-state index contributed by atoms with van der Waals surface area (Å²) in [5, 5.41) is 0. The van der Waals surface area contributed by atoms with Gasteiger partial charge in [0, 0.05) is 37.5 Å². The summed E-state index contributed by atoms with van der Waals surface area (Å²) in [4.78, 5) is 50.5. The first kappa shape index (κ1) is 37.9. The zero-order chi connectivity index (χ0) is 32.9. The molecule has 0 saturated carbocycles. The zero-order valence-electron chi connectivity index (χ0n) is 29.1. The van der Waals surface area contributed by atoms with E-state index in [0.717, 1.165) is 64.2 Å². The van der Waals surface area contributed by atoms with Crippen molar-refractivity contribution in [2.45, 2.75) is 157 Å². The molecule has 2 aliphatic carbocycles. The molecule has 0 spiro atoms. The minimum absolute atomic E-state index is 0.0332. The Morgan fingerprint density at radius 1 is 0.614 bits per heavy atom. The zero-order valence-corrected chi connectivity index (χ0v) is 29.1. The molecule has 44 heavy (non-hydrogen) atoms. The van der Waals surface area contributed by atoms with E-state index < -0.39 is 0 Å². The maximum atomic E-state index is 13.0. The molecule has 0 aromatic heterocycles. The van der Waals surface area contributed by atoms with Crippen LogP contribution in [0, 0.1) is 34.5 Å². The van der Waals surface area contributed by atoms with Crippen molar-refractivity contribution in [3.8, 4) is 0 Å². The maximum Gasteiger partial charge on any atom is 0.306 e. The number of hydrogen-bond acceptors (Lipinski definition) is 6. The number of carbonyl (C=O) groups excluding carboxylic acids is 4. The van der Waals surface area contributed by atoms with Crippen LogP contribution in [0.1, 0.15) is 145 Å². The van der Waals surface area contributed by atoms with Crippen LogP contribution in [-0.4, -0.2) is 35.7 Å². The number of Topliss-reactive ketones (excluding diaryl/α,β-unsaturated/α-hetero) is 2. The first-order valence-electron chi connectivity index (χ1n) is 17.4. The van der Waals surface area contributed by atoms with Crippen LogP contribution in [0.2, 0.25) is 0 Å². The van der Waals surface area contributed by atoms with Gasteiger partial charge < -0.3 is 9.47 Å². The van der Waals surface area contributed by atoms with Crippen molar-refractivity contribution in [1.29, 1.82) is 0 Å². The van der Waals surface area contributed by atoms with Crippen LogP contribution in [0.4, 0.5) is 0 Å². The summed E-state index contributed by atoms with van der Waals surface area (Å²) in [7, 11) is 0. The fourth-order valence-electron chi connectivity index (χ4n) is 7.60. The number of esters is 2. The molecule has 0 aromatic rings. The van der Waals surface area contributed by atoms with Gasteiger partial charge in [-0.1, -0.05) is 104 Å². The molecular weight excluding hydrogens is 552 g/mol. The van der Waals surface area contributed by atoms with Crippen molar-refractivity contribution in [2.24, 2.45) is 34.5 Å². The van der Waals surface area contributed by atoms with Crippen molar-refractivity contribution in [3.63, 3.8) is 0 Å². The molecule has 6 heteroatoms. The van der Waals surface area contributed by atoms with E-state index in [1.807, 2.05) is 13.8 Å². The molecule has 2 rings (SSSR count). The SMILES string of the molecule is CC(CC(=O)C1C(C)C=CCC1(C)C)OC(=O)CCCCCCCCCCC(=O)OC(C)CC(=O)C1C(C)C=CCC1(C)C. The molecular formula is C38H62O6. The Kier molecular flexibility index (Phi) is 15.6. The first-order valence-corrected chi connectivity index (χ1v) is 17.4. The fraction of sp³-hybridized carbons (Fsp3) is 0.789. The largest absolute Gasteiger partial charge is 0.462 e. The molecule has 250 valence electrons. The number of ether oxygens (including phenoxy) is 2. The molecule has 0 saturated heterocycles. The van der Waals surface area contributed by atoms with Gasteiger partial charge in [-0.05, 0) is 62.2 Å². The molecule has 6 atom stereocenters. The molecule has 0 N–H and O–H groups in total. The lowest BCUT2D eigenvalue weighted by Crippen LogP contribution is -2.38. The van der Waals surface area contributed by atoms with Gasteiger partial charge in [0.25, 0.3) is 0 Å². The number of allylic oxidation sites excluding steroid dienone is 4. The van der Waals surface area contributed by atoms with Crippen LogP contribution in [-0.2, 0) is 28.7 Å². The Hall–Kier alpha value is -2.24. The summed E-state index contributed by atoms with van der Waals surface area (Å²) < 4.78 is 11.1. The van der Waals surface area contributed by atoms with Gasteiger partial charge in [0.2, 0.25) is 0 Å². The van der Waals surface area contributed by atoms with E-state index in [0.29, 0.717) is 12.8 Å². The Morgan fingerprint density at radius 2 is 0.932 bits per heavy atom. The lowest BCUT2D eigenvalue weighted by molar-refractivity contribution is -0.151. The van der Waals surface area contributed by atoms with Crippen LogP contribution in [0.15, 0.2) is 24.3 Å². The molecule has 6 nitrogen and oxygen atoms in total. The summed E-state index contributed by atoms with van der Waals surface area (Å²) >= 11 is 0. The summed E-state index contributed by atoms with van der Waals surface area (Å²) in [6.07, 6.45) is 18.9. The third-order valence-corrected chi connectivity index (χ3v) is 9.75. The minimum atomic E-state index is -0.387. The predicted molar refractivity (Wildman–Crippen MR) is 177 cm³/mol. The number of carbonyl (C=O) groups is 4. The third-order valence-electron chi connectivity index (χ3n) is 9.75. The van der Waals surface area contributed by atoms with Gasteiger partial charge in [-0.25, -0.2) is 0 Å². The monoisotopic (exact) mass is 614 g/mol. The van der Waals surface area contributed by atoms with E-state index in [2.05, 4.69) is 65.8 Å². The van der Waals surface area contributed by atoms with Crippen molar-refractivity contribution in [3.05, 3.63) is 24.3 Å². The average Bonchev–Trinajstić information content (AvgIpc) is 2.88. The first-order chi connectivity index (χ1) is 20.6. The van der Waals surface area contributed by atoms with E-state index in [9.17, 15) is 19.2 Å². The van der Waals surface area contributed by atoms with Gasteiger partial charge in [-0.3, -0.25) is 19.2 Å². The smallest absolute Gasteiger partial charge is 0.306 e. The third kappa shape index (κ3) is 12.6. The molecule has 0 heterocycles. The van der Waals surface area contributed by atoms with Gasteiger partial charge in [-0.15, -0.1) is 0 Å². The second-order valence-corrected chi connectivity index (χ2v) is 15.2. The summed E-state index contributed by atoms with van der Waals surface area (Å²) in [6.45, 7) is 16.4. The molecule has 0 bridgehead atoms. The lowest BCUT2D eigenvalue weighted by Gasteiger charge is -2.39. The topological polar surface area (TPSA) is 86.7 Å². The highest BCUT2D eigenvalue weighted by atomic mass is 16.5. The van der Waals surface area contributed by atoms with Crippen molar-refractivity contribution < 1.29 is 28.7 Å². The van der Waals surface area contributed by atoms with Gasteiger partial charge >= 0.3 is 11.9 Å². The van der Waals surface area contributed by atoms with Crippen LogP contribution in [0.25, 0.3) is 0 Å². The summed E-state index contributed by atoms with van der Waals surface area (Å²) in [5.41, 5.74) is -0.129. The van der Waals surface area contributed by atoms with E-state index in [1.54, 1.807) is 0 Å². The van der Waals surface area contributed by atoms with Crippen molar-refractivity contribution in [1.82, 2.24) is 0 Å². The number of hydrogen-bond donors (Lipinski definition) is 0. The highest BCUT2D eigenvalue weighted by Crippen LogP contribution is 2.42.